The number of likely N-dealkylation sites (tertiary alicyclic amines) is 1. The molecule has 1 saturated heterocycles. The van der Waals surface area contributed by atoms with Crippen molar-refractivity contribution in [3.05, 3.63) is 36.3 Å². The third kappa shape index (κ3) is 9.28. The van der Waals surface area contributed by atoms with E-state index >= 15 is 0 Å². The van der Waals surface area contributed by atoms with Gasteiger partial charge in [-0.1, -0.05) is 73.6 Å². The molecule has 150 valence electrons. The third-order valence-corrected chi connectivity index (χ3v) is 3.95. The molecule has 2 aromatic rings. The molecule has 1 aromatic carbocycles. The van der Waals surface area contributed by atoms with Crippen LogP contribution in [0, 0.1) is 5.92 Å². The van der Waals surface area contributed by atoms with Gasteiger partial charge in [0.15, 0.2) is 0 Å². The van der Waals surface area contributed by atoms with Crippen LogP contribution in [0.2, 0.25) is 0 Å². The first-order valence-corrected chi connectivity index (χ1v) is 10.7. The molecule has 0 N–H and O–H groups in total. The molecule has 0 spiro atoms. The first kappa shape index (κ1) is 26.7. The Hall–Kier alpha value is -1.48. The fourth-order valence-electron chi connectivity index (χ4n) is 2.76. The molecule has 0 saturated carbocycles. The number of nitrogens with zero attached hydrogens (tertiary/aromatic N) is 3. The molecule has 3 heteroatoms. The Bertz CT molecular complexity index is 526. The highest BCUT2D eigenvalue weighted by atomic mass is 15.1. The van der Waals surface area contributed by atoms with Crippen molar-refractivity contribution in [2.75, 3.05) is 20.1 Å². The molecule has 0 bridgehead atoms. The fourth-order valence-corrected chi connectivity index (χ4v) is 2.76. The van der Waals surface area contributed by atoms with Gasteiger partial charge in [-0.25, -0.2) is 9.97 Å². The Labute approximate surface area is 163 Å². The largest absolute Gasteiger partial charge is 0.306 e. The molecule has 3 nitrogen and oxygen atoms in total. The maximum Gasteiger partial charge on any atom is 0.116 e. The van der Waals surface area contributed by atoms with Gasteiger partial charge in [0.05, 0.1) is 11.2 Å². The predicted molar refractivity (Wildman–Crippen MR) is 119 cm³/mol. The van der Waals surface area contributed by atoms with Gasteiger partial charge < -0.3 is 4.90 Å². The number of benzene rings is 1. The molecule has 0 amide bonds. The van der Waals surface area contributed by atoms with Gasteiger partial charge in [-0.05, 0) is 51.4 Å². The van der Waals surface area contributed by atoms with Crippen LogP contribution in [-0.4, -0.2) is 35.0 Å². The van der Waals surface area contributed by atoms with Crippen molar-refractivity contribution in [3.8, 4) is 0 Å². The van der Waals surface area contributed by atoms with Crippen LogP contribution in [-0.2, 0) is 6.42 Å². The van der Waals surface area contributed by atoms with E-state index in [2.05, 4.69) is 40.1 Å². The molecule has 2 heterocycles. The number of para-hydroxylation sites is 1. The van der Waals surface area contributed by atoms with Gasteiger partial charge in [0.1, 0.15) is 6.33 Å². The summed E-state index contributed by atoms with van der Waals surface area (Å²) in [7, 11) is 2.20. The molecule has 0 radical (unpaired) electrons. The van der Waals surface area contributed by atoms with Gasteiger partial charge in [0, 0.05) is 5.39 Å². The van der Waals surface area contributed by atoms with E-state index < -0.39 is 0 Å². The molecule has 26 heavy (non-hydrogen) atoms. The van der Waals surface area contributed by atoms with Crippen molar-refractivity contribution in [3.63, 3.8) is 0 Å². The van der Waals surface area contributed by atoms with E-state index in [0.29, 0.717) is 0 Å². The van der Waals surface area contributed by atoms with Crippen molar-refractivity contribution in [1.29, 1.82) is 0 Å². The highest BCUT2D eigenvalue weighted by Gasteiger charge is 2.18. The number of fused-ring (bicyclic) bond motifs is 1. The van der Waals surface area contributed by atoms with Crippen molar-refractivity contribution >= 4 is 10.9 Å². The minimum absolute atomic E-state index is 0.777. The quantitative estimate of drug-likeness (QED) is 0.602. The summed E-state index contributed by atoms with van der Waals surface area (Å²) in [5.74, 6) is 0.777. The number of rotatable bonds is 2. The van der Waals surface area contributed by atoms with E-state index in [1.54, 1.807) is 6.33 Å². The molecule has 0 aliphatic carbocycles. The summed E-state index contributed by atoms with van der Waals surface area (Å²) in [5, 5.41) is 1.22. The third-order valence-electron chi connectivity index (χ3n) is 3.95. The summed E-state index contributed by atoms with van der Waals surface area (Å²) in [4.78, 5) is 11.2. The lowest BCUT2D eigenvalue weighted by molar-refractivity contribution is 0.218. The van der Waals surface area contributed by atoms with Crippen molar-refractivity contribution < 1.29 is 0 Å². The van der Waals surface area contributed by atoms with E-state index in [1.165, 1.54) is 37.0 Å². The molecule has 3 rings (SSSR count). The summed E-state index contributed by atoms with van der Waals surface area (Å²) in [6, 6.07) is 8.31. The molecule has 1 aliphatic heterocycles. The second-order valence-corrected chi connectivity index (χ2v) is 5.29. The Morgan fingerprint density at radius 3 is 1.96 bits per heavy atom. The van der Waals surface area contributed by atoms with Crippen LogP contribution in [0.3, 0.4) is 0 Å². The highest BCUT2D eigenvalue weighted by molar-refractivity contribution is 5.80. The van der Waals surface area contributed by atoms with Gasteiger partial charge in [0.2, 0.25) is 0 Å². The van der Waals surface area contributed by atoms with Crippen LogP contribution >= 0.6 is 0 Å². The maximum atomic E-state index is 4.50. The first-order valence-electron chi connectivity index (χ1n) is 10.7. The lowest BCUT2D eigenvalue weighted by atomic mass is 9.91. The van der Waals surface area contributed by atoms with E-state index in [4.69, 9.17) is 0 Å². The Morgan fingerprint density at radius 2 is 1.38 bits per heavy atom. The molecule has 1 aromatic heterocycles. The zero-order valence-corrected chi connectivity index (χ0v) is 18.8. The monoisotopic (exact) mass is 361 g/mol. The van der Waals surface area contributed by atoms with E-state index in [0.717, 1.165) is 17.9 Å². The summed E-state index contributed by atoms with van der Waals surface area (Å²) in [6.45, 7) is 18.4. The normalized spacial score (nSPS) is 13.6. The predicted octanol–water partition coefficient (Wildman–Crippen LogP) is 6.62. The lowest BCUT2D eigenvalue weighted by Crippen LogP contribution is -2.31. The van der Waals surface area contributed by atoms with Crippen LogP contribution in [0.15, 0.2) is 30.6 Å². The van der Waals surface area contributed by atoms with E-state index in [1.807, 2.05) is 61.5 Å². The topological polar surface area (TPSA) is 29.0 Å². The minimum atomic E-state index is 0.777. The smallest absolute Gasteiger partial charge is 0.116 e. The van der Waals surface area contributed by atoms with Crippen molar-refractivity contribution in [1.82, 2.24) is 14.9 Å². The van der Waals surface area contributed by atoms with Crippen LogP contribution in [0.5, 0.6) is 0 Å². The highest BCUT2D eigenvalue weighted by Crippen LogP contribution is 2.23. The second-order valence-electron chi connectivity index (χ2n) is 5.29. The Balaban J connectivity index is 0. The number of hydrogen-bond acceptors (Lipinski definition) is 3. The molecule has 1 aliphatic rings. The molecule has 1 fully saturated rings. The van der Waals surface area contributed by atoms with E-state index in [9.17, 15) is 0 Å². The van der Waals surface area contributed by atoms with Gasteiger partial charge in [-0.15, -0.1) is 0 Å². The van der Waals surface area contributed by atoms with Gasteiger partial charge >= 0.3 is 0 Å². The van der Waals surface area contributed by atoms with Crippen molar-refractivity contribution in [2.24, 2.45) is 5.92 Å². The first-order chi connectivity index (χ1) is 12.8. The van der Waals surface area contributed by atoms with Crippen LogP contribution in [0.25, 0.3) is 10.9 Å². The van der Waals surface area contributed by atoms with E-state index in [-0.39, 0.29) is 0 Å². The molecule has 0 atom stereocenters. The SMILES string of the molecule is CC.CC.CC.CC.CN1CCC(Cc2ncnc3ccccc23)CC1. The summed E-state index contributed by atoms with van der Waals surface area (Å²) >= 11 is 0. The fraction of sp³-hybridized carbons (Fsp3) is 0.652. The second kappa shape index (κ2) is 18.3. The number of piperidine rings is 1. The molecular weight excluding hydrogens is 318 g/mol. The van der Waals surface area contributed by atoms with Crippen LogP contribution in [0.1, 0.15) is 73.9 Å². The molecule has 0 unspecified atom stereocenters. The zero-order chi connectivity index (χ0) is 20.4. The zero-order valence-electron chi connectivity index (χ0n) is 18.8. The summed E-state index contributed by atoms with van der Waals surface area (Å²) < 4.78 is 0. The molecular formula is C23H43N3. The average molecular weight is 362 g/mol. The standard InChI is InChI=1S/C15H19N3.4C2H6/c1-18-8-6-12(7-9-18)10-15-13-4-2-3-5-14(13)16-11-17-15;4*1-2/h2-5,11-12H,6-10H2,1H3;4*1-2H3. The lowest BCUT2D eigenvalue weighted by Gasteiger charge is -2.28. The van der Waals surface area contributed by atoms with Gasteiger partial charge in [0.25, 0.3) is 0 Å². The number of hydrogen-bond donors (Lipinski definition) is 0. The minimum Gasteiger partial charge on any atom is -0.306 e. The maximum absolute atomic E-state index is 4.50. The Morgan fingerprint density at radius 1 is 0.846 bits per heavy atom. The van der Waals surface area contributed by atoms with Gasteiger partial charge in [-0.2, -0.15) is 0 Å². The van der Waals surface area contributed by atoms with Crippen LogP contribution < -0.4 is 0 Å². The summed E-state index contributed by atoms with van der Waals surface area (Å²) in [6.07, 6.45) is 5.37. The van der Waals surface area contributed by atoms with Crippen LogP contribution in [0.4, 0.5) is 0 Å². The van der Waals surface area contributed by atoms with Crippen molar-refractivity contribution in [2.45, 2.75) is 74.7 Å². The summed E-state index contributed by atoms with van der Waals surface area (Å²) in [5.41, 5.74) is 2.28. The Kier molecular flexibility index (Phi) is 18.8. The van der Waals surface area contributed by atoms with Gasteiger partial charge in [-0.3, -0.25) is 0 Å². The number of aromatic nitrogens is 2. The average Bonchev–Trinajstić information content (AvgIpc) is 2.76.